The Bertz CT molecular complexity index is 3190. The molecule has 63 heavy (non-hydrogen) atoms. The summed E-state index contributed by atoms with van der Waals surface area (Å²) in [6, 6.07) is 88.2. The zero-order valence-corrected chi connectivity index (χ0v) is 34.5. The number of fused-ring (bicyclic) bond motifs is 3. The molecular weight excluding hydrogens is 765 g/mol. The lowest BCUT2D eigenvalue weighted by molar-refractivity contribution is 0.704. The van der Waals surface area contributed by atoms with Crippen LogP contribution < -0.4 is 20.9 Å². The second kappa shape index (κ2) is 16.4. The van der Waals surface area contributed by atoms with E-state index in [2.05, 4.69) is 235 Å². The van der Waals surface area contributed by atoms with Crippen molar-refractivity contribution < 1.29 is 0 Å². The van der Waals surface area contributed by atoms with Crippen molar-refractivity contribution in [3.63, 3.8) is 0 Å². The number of aromatic nitrogens is 4. The van der Waals surface area contributed by atoms with E-state index >= 15 is 0 Å². The van der Waals surface area contributed by atoms with E-state index in [4.69, 9.17) is 15.0 Å². The first-order valence-electron chi connectivity index (χ1n) is 21.4. The normalized spacial score (nSPS) is 11.5. The van der Waals surface area contributed by atoms with Crippen LogP contribution in [0.1, 0.15) is 0 Å². The molecule has 2 aromatic heterocycles. The van der Waals surface area contributed by atoms with Crippen LogP contribution in [0.2, 0.25) is 0 Å². The molecule has 2 heterocycles. The molecule has 5 nitrogen and oxygen atoms in total. The van der Waals surface area contributed by atoms with Crippen molar-refractivity contribution in [1.29, 1.82) is 0 Å². The van der Waals surface area contributed by atoms with Crippen LogP contribution in [0.15, 0.2) is 249 Å². The number of nitrogens with zero attached hydrogens (tertiary/aromatic N) is 5. The van der Waals surface area contributed by atoms with Crippen molar-refractivity contribution >= 4 is 67.7 Å². The summed E-state index contributed by atoms with van der Waals surface area (Å²) in [7, 11) is 0. The minimum atomic E-state index is 0.0755. The van der Waals surface area contributed by atoms with Gasteiger partial charge in [0.2, 0.25) is 12.7 Å². The first kappa shape index (κ1) is 37.8. The van der Waals surface area contributed by atoms with Gasteiger partial charge < -0.3 is 0 Å². The number of benzene rings is 9. The van der Waals surface area contributed by atoms with Crippen LogP contribution in [0.25, 0.3) is 50.5 Å². The van der Waals surface area contributed by atoms with Gasteiger partial charge in [-0.3, -0.25) is 4.57 Å². The van der Waals surface area contributed by atoms with Crippen LogP contribution in [0, 0.1) is 0 Å². The van der Waals surface area contributed by atoms with E-state index in [1.807, 2.05) is 18.2 Å². The summed E-state index contributed by atoms with van der Waals surface area (Å²) in [6.07, 6.45) is 0. The Hall–Kier alpha value is -8.19. The average molecular weight is 807 g/mol. The van der Waals surface area contributed by atoms with Crippen LogP contribution in [0.3, 0.4) is 0 Å². The van der Waals surface area contributed by atoms with Gasteiger partial charge in [0.25, 0.3) is 0 Å². The fourth-order valence-corrected chi connectivity index (χ4v) is 9.26. The van der Waals surface area contributed by atoms with E-state index in [-0.39, 0.29) is 6.71 Å². The highest BCUT2D eigenvalue weighted by Crippen LogP contribution is 2.51. The second-order valence-electron chi connectivity index (χ2n) is 15.8. The summed E-state index contributed by atoms with van der Waals surface area (Å²) in [5.41, 5.74) is 11.9. The third-order valence-corrected chi connectivity index (χ3v) is 12.1. The van der Waals surface area contributed by atoms with Crippen LogP contribution >= 0.6 is 0 Å². The lowest BCUT2D eigenvalue weighted by Crippen LogP contribution is -2.51. The van der Waals surface area contributed by atoms with Gasteiger partial charge in [-0.2, -0.15) is 14.5 Å². The highest BCUT2D eigenvalue weighted by Gasteiger charge is 2.40. The highest BCUT2D eigenvalue weighted by atomic mass is 15.4. The predicted octanol–water partition coefficient (Wildman–Crippen LogP) is 12.1. The van der Waals surface area contributed by atoms with Crippen molar-refractivity contribution in [2.24, 2.45) is 0 Å². The van der Waals surface area contributed by atoms with Gasteiger partial charge in [0.1, 0.15) is 22.7 Å². The summed E-state index contributed by atoms with van der Waals surface area (Å²) in [6.45, 7) is 0.0755. The first-order valence-corrected chi connectivity index (χ1v) is 21.4. The largest absolute Gasteiger partial charge is 0.278 e. The van der Waals surface area contributed by atoms with Gasteiger partial charge in [-0.25, -0.2) is 4.98 Å². The van der Waals surface area contributed by atoms with Crippen LogP contribution in [0.4, 0.5) is 22.7 Å². The van der Waals surface area contributed by atoms with Gasteiger partial charge in [0, 0.05) is 58.3 Å². The molecule has 0 saturated carbocycles. The van der Waals surface area contributed by atoms with Gasteiger partial charge in [-0.1, -0.05) is 204 Å². The number of quaternary nitrogens is 1. The van der Waals surface area contributed by atoms with Crippen molar-refractivity contribution in [3.8, 4) is 28.7 Å². The smallest absolute Gasteiger partial charge is 0.241 e. The van der Waals surface area contributed by atoms with Crippen LogP contribution in [0.5, 0.6) is 0 Å². The maximum absolute atomic E-state index is 5.34. The maximum Gasteiger partial charge on any atom is 0.241 e. The van der Waals surface area contributed by atoms with Gasteiger partial charge in [-0.15, -0.1) is 0 Å². The molecule has 0 atom stereocenters. The Morgan fingerprint density at radius 2 is 0.714 bits per heavy atom. The fourth-order valence-electron chi connectivity index (χ4n) is 9.26. The number of hydrogen-bond acceptors (Lipinski definition) is 3. The van der Waals surface area contributed by atoms with E-state index in [9.17, 15) is 0 Å². The van der Waals surface area contributed by atoms with Crippen LogP contribution in [-0.2, 0) is 0 Å². The SMILES string of the molecule is c1ccc(B(c2ccccc2)c2ccc([N+](c3ccccc3)(c3ccccc3)c3cccc(-c4nc(-c5ccccc5)nc(-n5c6ccccc6c6ccccc65)n4)c3)cc2)cc1. The molecule has 6 heteroatoms. The highest BCUT2D eigenvalue weighted by molar-refractivity contribution is 6.95. The first-order chi connectivity index (χ1) is 31.3. The molecule has 296 valence electrons. The Morgan fingerprint density at radius 1 is 0.317 bits per heavy atom. The lowest BCUT2D eigenvalue weighted by Gasteiger charge is -2.37. The maximum atomic E-state index is 5.34. The van der Waals surface area contributed by atoms with Crippen molar-refractivity contribution in [1.82, 2.24) is 24.0 Å². The molecule has 0 saturated heterocycles. The zero-order chi connectivity index (χ0) is 42.0. The summed E-state index contributed by atoms with van der Waals surface area (Å²) in [5, 5.41) is 2.30. The van der Waals surface area contributed by atoms with Gasteiger partial charge >= 0.3 is 0 Å². The minimum absolute atomic E-state index is 0.0755. The Morgan fingerprint density at radius 3 is 1.25 bits per heavy atom. The van der Waals surface area contributed by atoms with Crippen molar-refractivity contribution in [3.05, 3.63) is 249 Å². The van der Waals surface area contributed by atoms with Gasteiger partial charge in [0.15, 0.2) is 11.6 Å². The monoisotopic (exact) mass is 806 g/mol. The van der Waals surface area contributed by atoms with Gasteiger partial charge in [-0.05, 0) is 24.3 Å². The average Bonchev–Trinajstić information content (AvgIpc) is 3.71. The number of para-hydroxylation sites is 4. The molecule has 0 N–H and O–H groups in total. The van der Waals surface area contributed by atoms with E-state index in [1.54, 1.807) is 0 Å². The third-order valence-electron chi connectivity index (χ3n) is 12.1. The molecule has 11 aromatic rings. The quantitative estimate of drug-likeness (QED) is 0.102. The summed E-state index contributed by atoms with van der Waals surface area (Å²) >= 11 is 0. The topological polar surface area (TPSA) is 43.6 Å². The summed E-state index contributed by atoms with van der Waals surface area (Å²) < 4.78 is 2.49. The Balaban J connectivity index is 1.13. The Kier molecular flexibility index (Phi) is 9.81. The molecule has 0 bridgehead atoms. The summed E-state index contributed by atoms with van der Waals surface area (Å²) in [4.78, 5) is 15.8. The lowest BCUT2D eigenvalue weighted by atomic mass is 9.37. The fraction of sp³-hybridized carbons (Fsp3) is 0. The molecule has 0 aliphatic rings. The van der Waals surface area contributed by atoms with Gasteiger partial charge in [0.05, 0.1) is 11.0 Å². The standard InChI is InChI=1S/C57H41BN5/c1-6-21-42(22-7-1)55-59-56(61-57(60-55)62-53-35-18-16-33-51(53)52-34-17-19-36-54(52)62)43-23-20-32-50(41-43)63(47-28-12-4-13-29-47,48-30-14-5-15-31-48)49-39-37-46(38-40-49)58(44-24-8-2-9-25-44)45-26-10-3-11-27-45/h1-41H/q+1. The third kappa shape index (κ3) is 6.80. The molecular formula is C57H41BN5+. The molecule has 0 spiro atoms. The molecule has 0 aliphatic carbocycles. The predicted molar refractivity (Wildman–Crippen MR) is 263 cm³/mol. The minimum Gasteiger partial charge on any atom is -0.278 e. The van der Waals surface area contributed by atoms with E-state index < -0.39 is 0 Å². The molecule has 0 fully saturated rings. The second-order valence-corrected chi connectivity index (χ2v) is 15.8. The number of rotatable bonds is 10. The molecule has 0 radical (unpaired) electrons. The van der Waals surface area contributed by atoms with Crippen molar-refractivity contribution in [2.75, 3.05) is 0 Å². The van der Waals surface area contributed by atoms with E-state index in [0.717, 1.165) is 55.7 Å². The molecule has 9 aromatic carbocycles. The van der Waals surface area contributed by atoms with E-state index in [0.29, 0.717) is 22.1 Å². The Labute approximate surface area is 367 Å². The summed E-state index contributed by atoms with van der Waals surface area (Å²) in [5.74, 6) is 1.76. The molecule has 0 amide bonds. The molecule has 0 aliphatic heterocycles. The molecule has 11 rings (SSSR count). The molecule has 0 unspecified atom stereocenters. The zero-order valence-electron chi connectivity index (χ0n) is 34.5. The van der Waals surface area contributed by atoms with Crippen LogP contribution in [-0.4, -0.2) is 26.2 Å². The van der Waals surface area contributed by atoms with E-state index in [1.165, 1.54) is 16.4 Å². The van der Waals surface area contributed by atoms with Crippen molar-refractivity contribution in [2.45, 2.75) is 0 Å². The number of hydrogen-bond donors (Lipinski definition) is 0.